The number of benzene rings is 1. The molecule has 2 fully saturated rings. The van der Waals surface area contributed by atoms with Gasteiger partial charge in [0.25, 0.3) is 0 Å². The van der Waals surface area contributed by atoms with Gasteiger partial charge in [-0.05, 0) is 62.1 Å². The Bertz CT molecular complexity index is 540. The van der Waals surface area contributed by atoms with E-state index >= 15 is 0 Å². The lowest BCUT2D eigenvalue weighted by molar-refractivity contribution is 0.153. The minimum Gasteiger partial charge on any atom is -0.394 e. The van der Waals surface area contributed by atoms with Gasteiger partial charge >= 0.3 is 6.03 Å². The van der Waals surface area contributed by atoms with E-state index in [1.54, 1.807) is 12.1 Å². The maximum Gasteiger partial charge on any atom is 0.315 e. The van der Waals surface area contributed by atoms with Crippen LogP contribution in [-0.2, 0) is 0 Å². The second kappa shape index (κ2) is 5.88. The summed E-state index contributed by atoms with van der Waals surface area (Å²) in [6, 6.07) is 5.95. The van der Waals surface area contributed by atoms with Crippen molar-refractivity contribution < 1.29 is 14.3 Å². The summed E-state index contributed by atoms with van der Waals surface area (Å²) < 4.78 is 13.1. The predicted octanol–water partition coefficient (Wildman–Crippen LogP) is 2.74. The molecule has 1 aromatic rings. The summed E-state index contributed by atoms with van der Waals surface area (Å²) in [6.07, 6.45) is 4.23. The van der Waals surface area contributed by atoms with E-state index in [1.807, 2.05) is 6.92 Å². The Kier molecular flexibility index (Phi) is 4.08. The van der Waals surface area contributed by atoms with Crippen molar-refractivity contribution in [3.8, 4) is 0 Å². The first-order chi connectivity index (χ1) is 10.5. The molecule has 2 aliphatic carbocycles. The van der Waals surface area contributed by atoms with E-state index in [9.17, 15) is 14.3 Å². The smallest absolute Gasteiger partial charge is 0.315 e. The van der Waals surface area contributed by atoms with Gasteiger partial charge in [0.15, 0.2) is 0 Å². The summed E-state index contributed by atoms with van der Waals surface area (Å²) in [6.45, 7) is 1.82. The SMILES string of the molecule is C[C@@](CO)(NC(=O)N[C@H](c1ccc(F)cc1)C1CC1)C1CC1. The third kappa shape index (κ3) is 3.40. The molecule has 2 saturated carbocycles. The minimum absolute atomic E-state index is 0.0598. The predicted molar refractivity (Wildman–Crippen MR) is 81.7 cm³/mol. The van der Waals surface area contributed by atoms with E-state index in [-0.39, 0.29) is 24.5 Å². The number of carbonyl (C=O) groups excluding carboxylic acids is 1. The van der Waals surface area contributed by atoms with Gasteiger partial charge in [-0.1, -0.05) is 12.1 Å². The summed E-state index contributed by atoms with van der Waals surface area (Å²) in [5.41, 5.74) is 0.372. The molecular weight excluding hydrogens is 283 g/mol. The molecule has 0 unspecified atom stereocenters. The van der Waals surface area contributed by atoms with Gasteiger partial charge in [0.05, 0.1) is 18.2 Å². The van der Waals surface area contributed by atoms with E-state index in [0.29, 0.717) is 11.8 Å². The van der Waals surface area contributed by atoms with Crippen LogP contribution in [0.3, 0.4) is 0 Å². The van der Waals surface area contributed by atoms with Crippen LogP contribution in [0, 0.1) is 17.7 Å². The van der Waals surface area contributed by atoms with Crippen molar-refractivity contribution in [2.45, 2.75) is 44.2 Å². The first kappa shape index (κ1) is 15.3. The van der Waals surface area contributed by atoms with Crippen molar-refractivity contribution in [3.63, 3.8) is 0 Å². The number of aliphatic hydroxyl groups is 1. The fraction of sp³-hybridized carbons (Fsp3) is 0.588. The third-order valence-corrected chi connectivity index (χ3v) is 4.82. The highest BCUT2D eigenvalue weighted by Crippen LogP contribution is 2.42. The van der Waals surface area contributed by atoms with Crippen LogP contribution in [-0.4, -0.2) is 23.3 Å². The van der Waals surface area contributed by atoms with E-state index in [4.69, 9.17) is 0 Å². The highest BCUT2D eigenvalue weighted by Gasteiger charge is 2.43. The normalized spacial score (nSPS) is 21.8. The van der Waals surface area contributed by atoms with Gasteiger partial charge in [0.2, 0.25) is 0 Å². The molecule has 1 aromatic carbocycles. The molecule has 2 aliphatic rings. The van der Waals surface area contributed by atoms with Crippen molar-refractivity contribution in [2.75, 3.05) is 6.61 Å². The van der Waals surface area contributed by atoms with Crippen LogP contribution in [0.2, 0.25) is 0 Å². The van der Waals surface area contributed by atoms with E-state index in [0.717, 1.165) is 31.2 Å². The van der Waals surface area contributed by atoms with Crippen LogP contribution in [0.4, 0.5) is 9.18 Å². The average molecular weight is 306 g/mol. The van der Waals surface area contributed by atoms with Crippen LogP contribution >= 0.6 is 0 Å². The van der Waals surface area contributed by atoms with Crippen LogP contribution in [0.15, 0.2) is 24.3 Å². The third-order valence-electron chi connectivity index (χ3n) is 4.82. The van der Waals surface area contributed by atoms with E-state index in [1.165, 1.54) is 12.1 Å². The van der Waals surface area contributed by atoms with Gasteiger partial charge < -0.3 is 15.7 Å². The summed E-state index contributed by atoms with van der Waals surface area (Å²) >= 11 is 0. The van der Waals surface area contributed by atoms with Crippen LogP contribution < -0.4 is 10.6 Å². The molecule has 3 rings (SSSR count). The zero-order valence-electron chi connectivity index (χ0n) is 12.8. The van der Waals surface area contributed by atoms with Gasteiger partial charge in [-0.2, -0.15) is 0 Å². The molecule has 0 saturated heterocycles. The van der Waals surface area contributed by atoms with Gasteiger partial charge in [-0.25, -0.2) is 9.18 Å². The second-order valence-corrected chi connectivity index (χ2v) is 6.81. The minimum atomic E-state index is -0.555. The number of halogens is 1. The van der Waals surface area contributed by atoms with Crippen LogP contribution in [0.25, 0.3) is 0 Å². The number of amides is 2. The maximum atomic E-state index is 13.1. The number of urea groups is 1. The standard InChI is InChI=1S/C17H23FN2O2/c1-17(10-21,13-6-7-13)20-16(22)19-15(11-2-3-11)12-4-8-14(18)9-5-12/h4-5,8-9,11,13,15,21H,2-3,6-7,10H2,1H3,(H2,19,20,22)/t15-,17-/m0/s1. The molecule has 0 aromatic heterocycles. The number of nitrogens with one attached hydrogen (secondary N) is 2. The number of carbonyl (C=O) groups is 1. The molecule has 2 amide bonds. The average Bonchev–Trinajstić information content (AvgIpc) is 3.38. The van der Waals surface area contributed by atoms with E-state index < -0.39 is 5.54 Å². The van der Waals surface area contributed by atoms with Gasteiger partial charge in [0, 0.05) is 0 Å². The number of rotatable bonds is 6. The van der Waals surface area contributed by atoms with Crippen LogP contribution in [0.1, 0.15) is 44.2 Å². The molecule has 0 bridgehead atoms. The number of hydrogen-bond donors (Lipinski definition) is 3. The largest absolute Gasteiger partial charge is 0.394 e. The molecule has 2 atom stereocenters. The first-order valence-electron chi connectivity index (χ1n) is 7.97. The van der Waals surface area contributed by atoms with Crippen molar-refractivity contribution in [3.05, 3.63) is 35.6 Å². The fourth-order valence-electron chi connectivity index (χ4n) is 3.00. The van der Waals surface area contributed by atoms with Crippen molar-refractivity contribution >= 4 is 6.03 Å². The Balaban J connectivity index is 1.66. The van der Waals surface area contributed by atoms with Crippen molar-refractivity contribution in [1.29, 1.82) is 0 Å². The lowest BCUT2D eigenvalue weighted by Crippen LogP contribution is -2.54. The van der Waals surface area contributed by atoms with Gasteiger partial charge in [-0.15, -0.1) is 0 Å². The summed E-state index contributed by atoms with van der Waals surface area (Å²) in [4.78, 5) is 12.3. The first-order valence-corrected chi connectivity index (χ1v) is 7.97. The molecule has 4 nitrogen and oxygen atoms in total. The second-order valence-electron chi connectivity index (χ2n) is 6.81. The Morgan fingerprint density at radius 1 is 1.32 bits per heavy atom. The summed E-state index contributed by atoms with van der Waals surface area (Å²) in [5, 5.41) is 15.5. The maximum absolute atomic E-state index is 13.1. The fourth-order valence-corrected chi connectivity index (χ4v) is 3.00. The quantitative estimate of drug-likeness (QED) is 0.757. The molecule has 3 N–H and O–H groups in total. The molecule has 120 valence electrons. The topological polar surface area (TPSA) is 61.4 Å². The number of hydrogen-bond acceptors (Lipinski definition) is 2. The lowest BCUT2D eigenvalue weighted by atomic mass is 9.97. The molecule has 22 heavy (non-hydrogen) atoms. The lowest BCUT2D eigenvalue weighted by Gasteiger charge is -2.30. The summed E-state index contributed by atoms with van der Waals surface area (Å²) in [5.74, 6) is 0.496. The Hall–Kier alpha value is -1.62. The van der Waals surface area contributed by atoms with Gasteiger partial charge in [-0.3, -0.25) is 0 Å². The highest BCUT2D eigenvalue weighted by atomic mass is 19.1. The van der Waals surface area contributed by atoms with Crippen LogP contribution in [0.5, 0.6) is 0 Å². The zero-order chi connectivity index (χ0) is 15.7. The van der Waals surface area contributed by atoms with Gasteiger partial charge in [0.1, 0.15) is 5.82 Å². The zero-order valence-corrected chi connectivity index (χ0v) is 12.8. The molecule has 0 spiro atoms. The van der Waals surface area contributed by atoms with Crippen molar-refractivity contribution in [2.24, 2.45) is 11.8 Å². The molecule has 0 aliphatic heterocycles. The summed E-state index contributed by atoms with van der Waals surface area (Å²) in [7, 11) is 0. The molecule has 0 heterocycles. The molecule has 0 radical (unpaired) electrons. The monoisotopic (exact) mass is 306 g/mol. The highest BCUT2D eigenvalue weighted by molar-refractivity contribution is 5.75. The Morgan fingerprint density at radius 3 is 2.45 bits per heavy atom. The van der Waals surface area contributed by atoms with E-state index in [2.05, 4.69) is 10.6 Å². The number of aliphatic hydroxyl groups excluding tert-OH is 1. The Morgan fingerprint density at radius 2 is 1.95 bits per heavy atom. The Labute approximate surface area is 130 Å². The van der Waals surface area contributed by atoms with Crippen molar-refractivity contribution in [1.82, 2.24) is 10.6 Å². The molecule has 5 heteroatoms. The molecular formula is C17H23FN2O2.